The fourth-order valence-corrected chi connectivity index (χ4v) is 3.22. The Bertz CT molecular complexity index is 347. The van der Waals surface area contributed by atoms with Gasteiger partial charge in [-0.25, -0.2) is 0 Å². The molecule has 5 heteroatoms. The van der Waals surface area contributed by atoms with E-state index in [1.54, 1.807) is 0 Å². The Morgan fingerprint density at radius 2 is 1.50 bits per heavy atom. The van der Waals surface area contributed by atoms with Crippen molar-refractivity contribution >= 4 is 0 Å². The molecule has 0 aromatic carbocycles. The van der Waals surface area contributed by atoms with Gasteiger partial charge in [0.2, 0.25) is 0 Å². The largest absolute Gasteiger partial charge is 0.394 e. The van der Waals surface area contributed by atoms with Crippen molar-refractivity contribution in [2.45, 2.75) is 102 Å². The predicted octanol–water partition coefficient (Wildman–Crippen LogP) is 3.35. The maximum atomic E-state index is 9.97. The average molecular weight is 373 g/mol. The highest BCUT2D eigenvalue weighted by atomic mass is 16.6. The van der Waals surface area contributed by atoms with Crippen molar-refractivity contribution in [3.8, 4) is 0 Å². The molecule has 0 saturated carbocycles. The molecule has 0 aromatic heterocycles. The maximum Gasteiger partial charge on any atom is 0.111 e. The summed E-state index contributed by atoms with van der Waals surface area (Å²) in [5.74, 6) is 0. The molecular formula is C21H40O5. The van der Waals surface area contributed by atoms with Gasteiger partial charge in [0.15, 0.2) is 0 Å². The first-order chi connectivity index (χ1) is 12.7. The maximum absolute atomic E-state index is 9.97. The molecule has 1 aliphatic heterocycles. The van der Waals surface area contributed by atoms with E-state index in [0.717, 1.165) is 25.7 Å². The Labute approximate surface area is 159 Å². The van der Waals surface area contributed by atoms with Gasteiger partial charge in [0.05, 0.1) is 13.2 Å². The first-order valence-electron chi connectivity index (χ1n) is 10.6. The molecule has 154 valence electrons. The zero-order chi connectivity index (χ0) is 19.0. The zero-order valence-electron chi connectivity index (χ0n) is 16.5. The Morgan fingerprint density at radius 1 is 0.885 bits per heavy atom. The van der Waals surface area contributed by atoms with Crippen LogP contribution in [0.1, 0.15) is 77.6 Å². The molecule has 0 unspecified atom stereocenters. The van der Waals surface area contributed by atoms with Gasteiger partial charge < -0.3 is 24.8 Å². The van der Waals surface area contributed by atoms with Crippen molar-refractivity contribution in [1.82, 2.24) is 0 Å². The molecule has 4 atom stereocenters. The van der Waals surface area contributed by atoms with Crippen LogP contribution in [0.2, 0.25) is 0 Å². The highest BCUT2D eigenvalue weighted by molar-refractivity contribution is 4.87. The van der Waals surface area contributed by atoms with Gasteiger partial charge in [0, 0.05) is 6.61 Å². The zero-order valence-corrected chi connectivity index (χ0v) is 16.5. The third-order valence-corrected chi connectivity index (χ3v) is 5.00. The quantitative estimate of drug-likeness (QED) is 0.303. The summed E-state index contributed by atoms with van der Waals surface area (Å²) in [6.07, 6.45) is 14.9. The summed E-state index contributed by atoms with van der Waals surface area (Å²) in [7, 11) is 0. The van der Waals surface area contributed by atoms with Crippen LogP contribution < -0.4 is 0 Å². The fourth-order valence-electron chi connectivity index (χ4n) is 3.22. The number of aliphatic hydroxyl groups excluding tert-OH is 3. The van der Waals surface area contributed by atoms with Crippen LogP contribution in [0, 0.1) is 0 Å². The van der Waals surface area contributed by atoms with Gasteiger partial charge in [0.1, 0.15) is 24.4 Å². The van der Waals surface area contributed by atoms with E-state index < -0.39 is 24.4 Å². The first-order valence-corrected chi connectivity index (χ1v) is 10.6. The second-order valence-electron chi connectivity index (χ2n) is 7.32. The van der Waals surface area contributed by atoms with Crippen LogP contribution in [0.15, 0.2) is 12.2 Å². The minimum Gasteiger partial charge on any atom is -0.394 e. The van der Waals surface area contributed by atoms with Gasteiger partial charge in [-0.1, -0.05) is 57.6 Å². The summed E-state index contributed by atoms with van der Waals surface area (Å²) >= 11 is 0. The van der Waals surface area contributed by atoms with Crippen LogP contribution in [0.4, 0.5) is 0 Å². The average Bonchev–Trinajstić information content (AvgIpc) is 2.65. The predicted molar refractivity (Wildman–Crippen MR) is 104 cm³/mol. The number of aliphatic hydroxyl groups is 3. The summed E-state index contributed by atoms with van der Waals surface area (Å²) in [5.41, 5.74) is 0. The van der Waals surface area contributed by atoms with Crippen LogP contribution in [-0.4, -0.2) is 59.6 Å². The minimum absolute atomic E-state index is 0.213. The highest BCUT2D eigenvalue weighted by Crippen LogP contribution is 2.18. The van der Waals surface area contributed by atoms with Crippen LogP contribution in [0.3, 0.4) is 0 Å². The topological polar surface area (TPSA) is 79.2 Å². The normalized spacial score (nSPS) is 26.6. The number of hydrogen-bond donors (Lipinski definition) is 3. The highest BCUT2D eigenvalue weighted by Gasteiger charge is 2.38. The summed E-state index contributed by atoms with van der Waals surface area (Å²) in [4.78, 5) is 0. The lowest BCUT2D eigenvalue weighted by atomic mass is 10.0. The molecule has 0 spiro atoms. The Morgan fingerprint density at radius 3 is 2.15 bits per heavy atom. The molecule has 26 heavy (non-hydrogen) atoms. The van der Waals surface area contributed by atoms with Gasteiger partial charge in [-0.2, -0.15) is 0 Å². The number of allylic oxidation sites excluding steroid dienone is 2. The Hall–Kier alpha value is -0.460. The van der Waals surface area contributed by atoms with Crippen LogP contribution >= 0.6 is 0 Å². The second kappa shape index (κ2) is 15.6. The van der Waals surface area contributed by atoms with Crippen molar-refractivity contribution < 1.29 is 24.8 Å². The van der Waals surface area contributed by atoms with E-state index in [0.29, 0.717) is 6.61 Å². The fraction of sp³-hybridized carbons (Fsp3) is 0.905. The van der Waals surface area contributed by atoms with Crippen molar-refractivity contribution in [3.05, 3.63) is 12.2 Å². The molecule has 1 fully saturated rings. The molecule has 1 heterocycles. The van der Waals surface area contributed by atoms with Gasteiger partial charge in [-0.05, 0) is 32.1 Å². The van der Waals surface area contributed by atoms with Gasteiger partial charge in [0.25, 0.3) is 0 Å². The number of ether oxygens (including phenoxy) is 2. The molecule has 1 rings (SSSR count). The van der Waals surface area contributed by atoms with Crippen molar-refractivity contribution in [2.24, 2.45) is 0 Å². The summed E-state index contributed by atoms with van der Waals surface area (Å²) < 4.78 is 10.9. The van der Waals surface area contributed by atoms with E-state index >= 15 is 0 Å². The van der Waals surface area contributed by atoms with Crippen LogP contribution in [-0.2, 0) is 9.47 Å². The second-order valence-corrected chi connectivity index (χ2v) is 7.32. The Kier molecular flexibility index (Phi) is 14.1. The van der Waals surface area contributed by atoms with Gasteiger partial charge in [-0.15, -0.1) is 0 Å². The van der Waals surface area contributed by atoms with Crippen molar-refractivity contribution in [2.75, 3.05) is 19.8 Å². The number of unbranched alkanes of at least 4 members (excludes halogenated alkanes) is 9. The van der Waals surface area contributed by atoms with E-state index in [2.05, 4.69) is 19.1 Å². The summed E-state index contributed by atoms with van der Waals surface area (Å²) in [6.45, 7) is 2.73. The lowest BCUT2D eigenvalue weighted by Crippen LogP contribution is -2.55. The smallest absolute Gasteiger partial charge is 0.111 e. The number of hydrogen-bond acceptors (Lipinski definition) is 5. The SMILES string of the molecule is CCCCCCCC/C=C/CCCCCO[C@@H]1CO[C@@H](CO)[C@H](O)[C@H]1O. The third-order valence-electron chi connectivity index (χ3n) is 5.00. The van der Waals surface area contributed by atoms with Gasteiger partial charge >= 0.3 is 0 Å². The Balaban J connectivity index is 1.91. The molecule has 5 nitrogen and oxygen atoms in total. The molecule has 0 aliphatic carbocycles. The minimum atomic E-state index is -1.09. The lowest BCUT2D eigenvalue weighted by molar-refractivity contribution is -0.208. The van der Waals surface area contributed by atoms with E-state index in [9.17, 15) is 10.2 Å². The molecule has 0 bridgehead atoms. The van der Waals surface area contributed by atoms with E-state index in [1.165, 1.54) is 44.9 Å². The van der Waals surface area contributed by atoms with Crippen molar-refractivity contribution in [3.63, 3.8) is 0 Å². The molecule has 0 radical (unpaired) electrons. The van der Waals surface area contributed by atoms with Gasteiger partial charge in [-0.3, -0.25) is 0 Å². The molecule has 3 N–H and O–H groups in total. The monoisotopic (exact) mass is 372 g/mol. The van der Waals surface area contributed by atoms with E-state index in [4.69, 9.17) is 14.6 Å². The molecule has 0 amide bonds. The van der Waals surface area contributed by atoms with Crippen molar-refractivity contribution in [1.29, 1.82) is 0 Å². The number of rotatable bonds is 15. The molecule has 1 aliphatic rings. The summed E-state index contributed by atoms with van der Waals surface area (Å²) in [5, 5.41) is 28.8. The third kappa shape index (κ3) is 10.0. The van der Waals surface area contributed by atoms with Crippen LogP contribution in [0.25, 0.3) is 0 Å². The molecule has 0 aromatic rings. The standard InChI is InChI=1S/C21H40O5/c1-2-3-4-5-6-7-8-9-10-11-12-13-14-15-25-19-17-26-18(16-22)20(23)21(19)24/h9-10,18-24H,2-8,11-17H2,1H3/b10-9+/t18-,19+,20-,21-/m0/s1. The van der Waals surface area contributed by atoms with E-state index in [-0.39, 0.29) is 13.2 Å². The lowest BCUT2D eigenvalue weighted by Gasteiger charge is -2.36. The van der Waals surface area contributed by atoms with Crippen LogP contribution in [0.5, 0.6) is 0 Å². The molecular weight excluding hydrogens is 332 g/mol. The van der Waals surface area contributed by atoms with E-state index in [1.807, 2.05) is 0 Å². The first kappa shape index (κ1) is 23.6. The summed E-state index contributed by atoms with van der Waals surface area (Å²) in [6, 6.07) is 0. The molecule has 1 saturated heterocycles.